The van der Waals surface area contributed by atoms with Gasteiger partial charge in [-0.05, 0) is 31.9 Å². The second kappa shape index (κ2) is 3.66. The summed E-state index contributed by atoms with van der Waals surface area (Å²) < 4.78 is 0. The molecule has 1 heterocycles. The highest BCUT2D eigenvalue weighted by atomic mass is 16.4. The number of carboxylic acids is 1. The summed E-state index contributed by atoms with van der Waals surface area (Å²) in [5.74, 6) is -0.399. The zero-order chi connectivity index (χ0) is 12.8. The Morgan fingerprint density at radius 2 is 2.22 bits per heavy atom. The quantitative estimate of drug-likeness (QED) is 0.865. The Morgan fingerprint density at radius 3 is 2.89 bits per heavy atom. The molecule has 0 atom stereocenters. The third-order valence-corrected chi connectivity index (χ3v) is 3.27. The molecule has 0 aliphatic heterocycles. The van der Waals surface area contributed by atoms with Crippen molar-refractivity contribution in [3.8, 4) is 0 Å². The van der Waals surface area contributed by atoms with Gasteiger partial charge in [0, 0.05) is 17.1 Å². The van der Waals surface area contributed by atoms with Crippen LogP contribution < -0.4 is 5.32 Å². The lowest BCUT2D eigenvalue weighted by atomic mass is 10.1. The Kier molecular flexibility index (Phi) is 2.23. The SMILES string of the molecule is CC1(Nc2ncc3c(C(=O)O)cccc3n2)CC1. The number of anilines is 1. The first-order chi connectivity index (χ1) is 8.57. The topological polar surface area (TPSA) is 75.1 Å². The number of carboxylic acid groups (broad SMARTS) is 1. The van der Waals surface area contributed by atoms with E-state index < -0.39 is 5.97 Å². The summed E-state index contributed by atoms with van der Waals surface area (Å²) in [6, 6.07) is 5.05. The van der Waals surface area contributed by atoms with Crippen LogP contribution in [-0.4, -0.2) is 26.6 Å². The third-order valence-electron chi connectivity index (χ3n) is 3.27. The van der Waals surface area contributed by atoms with E-state index in [1.165, 1.54) is 0 Å². The average molecular weight is 243 g/mol. The summed E-state index contributed by atoms with van der Waals surface area (Å²) in [7, 11) is 0. The van der Waals surface area contributed by atoms with Crippen LogP contribution in [0.5, 0.6) is 0 Å². The highest BCUT2D eigenvalue weighted by molar-refractivity contribution is 6.02. The van der Waals surface area contributed by atoms with Crippen molar-refractivity contribution in [2.24, 2.45) is 0 Å². The second-order valence-corrected chi connectivity index (χ2v) is 4.92. The van der Waals surface area contributed by atoms with Gasteiger partial charge in [-0.1, -0.05) is 6.07 Å². The minimum atomic E-state index is -0.959. The van der Waals surface area contributed by atoms with Crippen LogP contribution >= 0.6 is 0 Å². The molecule has 0 spiro atoms. The number of fused-ring (bicyclic) bond motifs is 1. The van der Waals surface area contributed by atoms with Gasteiger partial charge in [0.15, 0.2) is 0 Å². The Hall–Kier alpha value is -2.17. The van der Waals surface area contributed by atoms with E-state index in [9.17, 15) is 4.79 Å². The van der Waals surface area contributed by atoms with E-state index in [1.54, 1.807) is 24.4 Å². The standard InChI is InChI=1S/C13H13N3O2/c1-13(5-6-13)16-12-14-7-9-8(11(17)18)3-2-4-10(9)15-12/h2-4,7H,5-6H2,1H3,(H,17,18)(H,14,15,16). The molecule has 0 saturated heterocycles. The van der Waals surface area contributed by atoms with Crippen LogP contribution in [0.4, 0.5) is 5.95 Å². The molecule has 5 heteroatoms. The molecule has 1 aliphatic carbocycles. The van der Waals surface area contributed by atoms with Crippen LogP contribution in [0.25, 0.3) is 10.9 Å². The van der Waals surface area contributed by atoms with E-state index in [2.05, 4.69) is 22.2 Å². The van der Waals surface area contributed by atoms with E-state index in [0.717, 1.165) is 12.8 Å². The minimum Gasteiger partial charge on any atom is -0.478 e. The molecule has 5 nitrogen and oxygen atoms in total. The molecule has 1 aromatic carbocycles. The number of benzene rings is 1. The maximum atomic E-state index is 11.1. The molecule has 0 bridgehead atoms. The molecule has 1 aromatic heterocycles. The lowest BCUT2D eigenvalue weighted by Crippen LogP contribution is -2.18. The van der Waals surface area contributed by atoms with E-state index in [0.29, 0.717) is 16.9 Å². The molecule has 1 aliphatic rings. The monoisotopic (exact) mass is 243 g/mol. The number of carbonyl (C=O) groups is 1. The van der Waals surface area contributed by atoms with Crippen molar-refractivity contribution in [1.29, 1.82) is 0 Å². The Bertz CT molecular complexity index is 635. The first-order valence-corrected chi connectivity index (χ1v) is 5.85. The highest BCUT2D eigenvalue weighted by Crippen LogP contribution is 2.37. The lowest BCUT2D eigenvalue weighted by molar-refractivity contribution is 0.0699. The van der Waals surface area contributed by atoms with Crippen molar-refractivity contribution in [3.05, 3.63) is 30.0 Å². The summed E-state index contributed by atoms with van der Waals surface area (Å²) in [6.07, 6.45) is 3.80. The number of hydrogen-bond acceptors (Lipinski definition) is 4. The molecule has 2 aromatic rings. The predicted octanol–water partition coefficient (Wildman–Crippen LogP) is 2.29. The Labute approximate surface area is 104 Å². The number of hydrogen-bond donors (Lipinski definition) is 2. The average Bonchev–Trinajstić information content (AvgIpc) is 3.05. The summed E-state index contributed by atoms with van der Waals surface area (Å²) in [5.41, 5.74) is 0.992. The summed E-state index contributed by atoms with van der Waals surface area (Å²) in [4.78, 5) is 19.6. The van der Waals surface area contributed by atoms with Crippen molar-refractivity contribution in [2.45, 2.75) is 25.3 Å². The maximum absolute atomic E-state index is 11.1. The van der Waals surface area contributed by atoms with Gasteiger partial charge in [-0.25, -0.2) is 14.8 Å². The molecule has 2 N–H and O–H groups in total. The zero-order valence-corrected chi connectivity index (χ0v) is 9.97. The van der Waals surface area contributed by atoms with Gasteiger partial charge in [-0.3, -0.25) is 0 Å². The van der Waals surface area contributed by atoms with Crippen LogP contribution in [0.1, 0.15) is 30.1 Å². The van der Waals surface area contributed by atoms with Crippen molar-refractivity contribution in [1.82, 2.24) is 9.97 Å². The van der Waals surface area contributed by atoms with E-state index >= 15 is 0 Å². The van der Waals surface area contributed by atoms with Gasteiger partial charge < -0.3 is 10.4 Å². The van der Waals surface area contributed by atoms with E-state index in [1.807, 2.05) is 0 Å². The predicted molar refractivity (Wildman–Crippen MR) is 67.8 cm³/mol. The van der Waals surface area contributed by atoms with Crippen LogP contribution in [0, 0.1) is 0 Å². The smallest absolute Gasteiger partial charge is 0.336 e. The molecule has 1 fully saturated rings. The molecule has 0 unspecified atom stereocenters. The minimum absolute atomic E-state index is 0.109. The Morgan fingerprint density at radius 1 is 1.44 bits per heavy atom. The number of nitrogens with one attached hydrogen (secondary N) is 1. The van der Waals surface area contributed by atoms with Gasteiger partial charge >= 0.3 is 5.97 Å². The maximum Gasteiger partial charge on any atom is 0.336 e. The Balaban J connectivity index is 2.05. The first kappa shape index (κ1) is 11.0. The van der Waals surface area contributed by atoms with Gasteiger partial charge in [0.05, 0.1) is 11.1 Å². The highest BCUT2D eigenvalue weighted by Gasteiger charge is 2.37. The molecule has 92 valence electrons. The number of aromatic carboxylic acids is 1. The zero-order valence-electron chi connectivity index (χ0n) is 9.97. The molecule has 0 radical (unpaired) electrons. The van der Waals surface area contributed by atoms with Gasteiger partial charge in [-0.2, -0.15) is 0 Å². The molecular weight excluding hydrogens is 230 g/mol. The van der Waals surface area contributed by atoms with Gasteiger partial charge in [-0.15, -0.1) is 0 Å². The molecule has 0 amide bonds. The first-order valence-electron chi connectivity index (χ1n) is 5.85. The van der Waals surface area contributed by atoms with Crippen LogP contribution in [0.3, 0.4) is 0 Å². The summed E-state index contributed by atoms with van der Waals surface area (Å²) in [5, 5.41) is 12.9. The van der Waals surface area contributed by atoms with Crippen molar-refractivity contribution < 1.29 is 9.90 Å². The van der Waals surface area contributed by atoms with Crippen molar-refractivity contribution in [3.63, 3.8) is 0 Å². The molecule has 3 rings (SSSR count). The van der Waals surface area contributed by atoms with Gasteiger partial charge in [0.2, 0.25) is 5.95 Å². The summed E-state index contributed by atoms with van der Waals surface area (Å²) >= 11 is 0. The van der Waals surface area contributed by atoms with E-state index in [4.69, 9.17) is 5.11 Å². The summed E-state index contributed by atoms with van der Waals surface area (Å²) in [6.45, 7) is 2.12. The second-order valence-electron chi connectivity index (χ2n) is 4.92. The fraction of sp³-hybridized carbons (Fsp3) is 0.308. The van der Waals surface area contributed by atoms with Crippen molar-refractivity contribution >= 4 is 22.8 Å². The largest absolute Gasteiger partial charge is 0.478 e. The third kappa shape index (κ3) is 1.88. The molecule has 18 heavy (non-hydrogen) atoms. The number of nitrogens with zero attached hydrogens (tertiary/aromatic N) is 2. The number of rotatable bonds is 3. The fourth-order valence-corrected chi connectivity index (χ4v) is 1.88. The fourth-order valence-electron chi connectivity index (χ4n) is 1.88. The van der Waals surface area contributed by atoms with Crippen LogP contribution in [0.2, 0.25) is 0 Å². The van der Waals surface area contributed by atoms with Crippen LogP contribution in [0.15, 0.2) is 24.4 Å². The number of aromatic nitrogens is 2. The van der Waals surface area contributed by atoms with Gasteiger partial charge in [0.25, 0.3) is 0 Å². The van der Waals surface area contributed by atoms with Crippen molar-refractivity contribution in [2.75, 3.05) is 5.32 Å². The van der Waals surface area contributed by atoms with Gasteiger partial charge in [0.1, 0.15) is 0 Å². The molecule has 1 saturated carbocycles. The molecular formula is C13H13N3O2. The lowest BCUT2D eigenvalue weighted by Gasteiger charge is -2.11. The van der Waals surface area contributed by atoms with E-state index in [-0.39, 0.29) is 11.1 Å². The normalized spacial score (nSPS) is 16.5. The van der Waals surface area contributed by atoms with Crippen LogP contribution in [-0.2, 0) is 0 Å².